The average Bonchev–Trinajstić information content (AvgIpc) is 2.91. The highest BCUT2D eigenvalue weighted by Crippen LogP contribution is 2.19. The Morgan fingerprint density at radius 3 is 2.55 bits per heavy atom. The fourth-order valence-corrected chi connectivity index (χ4v) is 3.03. The van der Waals surface area contributed by atoms with E-state index in [4.69, 9.17) is 0 Å². The van der Waals surface area contributed by atoms with Crippen LogP contribution in [-0.4, -0.2) is 39.5 Å². The Bertz CT molecular complexity index is 668. The molecule has 0 unspecified atom stereocenters. The minimum atomic E-state index is -1.06. The summed E-state index contributed by atoms with van der Waals surface area (Å²) in [5, 5.41) is 12.9. The van der Waals surface area contributed by atoms with Crippen molar-refractivity contribution >= 4 is 48.0 Å². The first-order valence-corrected chi connectivity index (χ1v) is 8.13. The molecule has 1 aromatic carbocycles. The maximum atomic E-state index is 12.0. The number of thiol groups is 2. The van der Waals surface area contributed by atoms with Gasteiger partial charge in [-0.2, -0.15) is 25.3 Å². The number of fused-ring (bicyclic) bond motifs is 1. The van der Waals surface area contributed by atoms with E-state index in [1.54, 1.807) is 6.20 Å². The number of carboxylic acids is 1. The van der Waals surface area contributed by atoms with Crippen LogP contribution in [0.15, 0.2) is 30.5 Å². The predicted molar refractivity (Wildman–Crippen MR) is 92.8 cm³/mol. The number of nitrogens with one attached hydrogen (secondary N) is 2. The van der Waals surface area contributed by atoms with Crippen LogP contribution >= 0.6 is 25.3 Å². The normalized spacial score (nSPS) is 12.5. The number of carbonyl (C=O) groups is 2. The van der Waals surface area contributed by atoms with E-state index in [1.807, 2.05) is 24.3 Å². The molecule has 7 heteroatoms. The Labute approximate surface area is 139 Å². The molecule has 118 valence electrons. The number of benzene rings is 1. The molecular formula is C15H18N2O3S2. The maximum absolute atomic E-state index is 12.0. The van der Waals surface area contributed by atoms with E-state index in [2.05, 4.69) is 35.6 Å². The van der Waals surface area contributed by atoms with Gasteiger partial charge >= 0.3 is 5.97 Å². The second kappa shape index (κ2) is 7.60. The minimum absolute atomic E-state index is 0.219. The predicted octanol–water partition coefficient (Wildman–Crippen LogP) is 1.76. The summed E-state index contributed by atoms with van der Waals surface area (Å²) >= 11 is 8.17. The largest absolute Gasteiger partial charge is 0.480 e. The van der Waals surface area contributed by atoms with E-state index < -0.39 is 17.9 Å². The van der Waals surface area contributed by atoms with E-state index >= 15 is 0 Å². The summed E-state index contributed by atoms with van der Waals surface area (Å²) in [6.07, 6.45) is 2.00. The van der Waals surface area contributed by atoms with Crippen LogP contribution in [0.5, 0.6) is 0 Å². The molecule has 1 aromatic heterocycles. The van der Waals surface area contributed by atoms with Crippen LogP contribution in [0.1, 0.15) is 5.56 Å². The van der Waals surface area contributed by atoms with Gasteiger partial charge in [0.05, 0.1) is 5.92 Å². The molecule has 0 aliphatic heterocycles. The van der Waals surface area contributed by atoms with Gasteiger partial charge in [-0.15, -0.1) is 0 Å². The summed E-state index contributed by atoms with van der Waals surface area (Å²) in [6.45, 7) is 0. The smallest absolute Gasteiger partial charge is 0.326 e. The number of aromatic amines is 1. The van der Waals surface area contributed by atoms with E-state index in [1.165, 1.54) is 0 Å². The summed E-state index contributed by atoms with van der Waals surface area (Å²) in [5.41, 5.74) is 1.80. The zero-order valence-electron chi connectivity index (χ0n) is 11.8. The average molecular weight is 338 g/mol. The highest BCUT2D eigenvalue weighted by atomic mass is 32.1. The van der Waals surface area contributed by atoms with Crippen LogP contribution in [0.2, 0.25) is 0 Å². The first kappa shape index (κ1) is 16.8. The zero-order chi connectivity index (χ0) is 16.1. The second-order valence-electron chi connectivity index (χ2n) is 5.03. The molecule has 22 heavy (non-hydrogen) atoms. The Morgan fingerprint density at radius 1 is 1.23 bits per heavy atom. The molecule has 1 heterocycles. The van der Waals surface area contributed by atoms with E-state index in [9.17, 15) is 14.7 Å². The maximum Gasteiger partial charge on any atom is 0.326 e. The molecule has 0 saturated heterocycles. The van der Waals surface area contributed by atoms with Gasteiger partial charge in [0.2, 0.25) is 5.91 Å². The molecule has 2 rings (SSSR count). The number of hydrogen-bond donors (Lipinski definition) is 5. The van der Waals surface area contributed by atoms with Crippen molar-refractivity contribution in [2.75, 3.05) is 11.5 Å². The summed E-state index contributed by atoms with van der Waals surface area (Å²) in [5.74, 6) is -1.15. The van der Waals surface area contributed by atoms with Gasteiger partial charge in [-0.25, -0.2) is 4.79 Å². The van der Waals surface area contributed by atoms with Crippen LogP contribution in [0.4, 0.5) is 0 Å². The number of rotatable bonds is 7. The second-order valence-corrected chi connectivity index (χ2v) is 5.76. The lowest BCUT2D eigenvalue weighted by atomic mass is 10.0. The molecule has 1 amide bonds. The Hall–Kier alpha value is -1.60. The van der Waals surface area contributed by atoms with Crippen LogP contribution in [0.3, 0.4) is 0 Å². The molecule has 0 aliphatic carbocycles. The van der Waals surface area contributed by atoms with Gasteiger partial charge in [-0.3, -0.25) is 4.79 Å². The van der Waals surface area contributed by atoms with Crippen LogP contribution in [0, 0.1) is 5.92 Å². The number of hydrogen-bond acceptors (Lipinski definition) is 4. The number of para-hydroxylation sites is 1. The van der Waals surface area contributed by atoms with Crippen molar-refractivity contribution in [3.05, 3.63) is 36.0 Å². The van der Waals surface area contributed by atoms with E-state index in [-0.39, 0.29) is 12.3 Å². The van der Waals surface area contributed by atoms with Gasteiger partial charge in [0.1, 0.15) is 6.04 Å². The first-order chi connectivity index (χ1) is 10.6. The number of H-pyrrole nitrogens is 1. The molecular weight excluding hydrogens is 320 g/mol. The van der Waals surface area contributed by atoms with Crippen molar-refractivity contribution < 1.29 is 14.7 Å². The first-order valence-electron chi connectivity index (χ1n) is 6.86. The highest BCUT2D eigenvalue weighted by molar-refractivity contribution is 7.81. The van der Waals surface area contributed by atoms with Crippen molar-refractivity contribution in [2.24, 2.45) is 5.92 Å². The quantitative estimate of drug-likeness (QED) is 0.499. The molecule has 0 fully saturated rings. The third-order valence-corrected chi connectivity index (χ3v) is 4.41. The van der Waals surface area contributed by atoms with Crippen LogP contribution in [0.25, 0.3) is 10.9 Å². The summed E-state index contributed by atoms with van der Waals surface area (Å²) in [6, 6.07) is 6.67. The Kier molecular flexibility index (Phi) is 5.79. The van der Waals surface area contributed by atoms with Gasteiger partial charge in [0.25, 0.3) is 0 Å². The highest BCUT2D eigenvalue weighted by Gasteiger charge is 2.25. The summed E-state index contributed by atoms with van der Waals surface area (Å²) in [7, 11) is 0. The van der Waals surface area contributed by atoms with Crippen molar-refractivity contribution in [3.63, 3.8) is 0 Å². The Morgan fingerprint density at radius 2 is 1.91 bits per heavy atom. The van der Waals surface area contributed by atoms with Gasteiger partial charge in [0, 0.05) is 35.0 Å². The summed E-state index contributed by atoms with van der Waals surface area (Å²) < 4.78 is 0. The number of carboxylic acid groups (broad SMARTS) is 1. The lowest BCUT2D eigenvalue weighted by molar-refractivity contribution is -0.142. The standard InChI is InChI=1S/C15H18N2O3S2/c18-14(10(7-21)8-22)17-13(15(19)20)5-9-6-16-12-4-2-1-3-11(9)12/h1-4,6,10,13,16,21-22H,5,7-8H2,(H,17,18)(H,19,20)/t13-/m0/s1. The monoisotopic (exact) mass is 338 g/mol. The number of amides is 1. The van der Waals surface area contributed by atoms with Gasteiger partial charge < -0.3 is 15.4 Å². The number of aliphatic carboxylic acids is 1. The zero-order valence-corrected chi connectivity index (χ0v) is 13.6. The van der Waals surface area contributed by atoms with Crippen molar-refractivity contribution in [1.82, 2.24) is 10.3 Å². The lowest BCUT2D eigenvalue weighted by Gasteiger charge is -2.18. The third kappa shape index (κ3) is 3.78. The van der Waals surface area contributed by atoms with Gasteiger partial charge in [-0.05, 0) is 11.6 Å². The number of aromatic nitrogens is 1. The molecule has 0 spiro atoms. The van der Waals surface area contributed by atoms with Crippen molar-refractivity contribution in [3.8, 4) is 0 Å². The van der Waals surface area contributed by atoms with Gasteiger partial charge in [0.15, 0.2) is 0 Å². The molecule has 2 aromatic rings. The van der Waals surface area contributed by atoms with E-state index in [0.29, 0.717) is 11.5 Å². The lowest BCUT2D eigenvalue weighted by Crippen LogP contribution is -2.45. The van der Waals surface area contributed by atoms with Gasteiger partial charge in [-0.1, -0.05) is 18.2 Å². The third-order valence-electron chi connectivity index (χ3n) is 3.53. The summed E-state index contributed by atoms with van der Waals surface area (Å²) in [4.78, 5) is 26.6. The fraction of sp³-hybridized carbons (Fsp3) is 0.333. The molecule has 1 atom stereocenters. The SMILES string of the molecule is O=C(N[C@@H](Cc1c[nH]c2ccccc12)C(=O)O)C(CS)CS. The molecule has 0 bridgehead atoms. The molecule has 3 N–H and O–H groups in total. The molecule has 5 nitrogen and oxygen atoms in total. The van der Waals surface area contributed by atoms with Crippen molar-refractivity contribution in [1.29, 1.82) is 0 Å². The van der Waals surface area contributed by atoms with E-state index in [0.717, 1.165) is 16.5 Å². The fourth-order valence-electron chi connectivity index (χ4n) is 2.23. The van der Waals surface area contributed by atoms with Crippen molar-refractivity contribution in [2.45, 2.75) is 12.5 Å². The van der Waals surface area contributed by atoms with Crippen LogP contribution < -0.4 is 5.32 Å². The molecule has 0 aliphatic rings. The molecule has 0 radical (unpaired) electrons. The topological polar surface area (TPSA) is 82.2 Å². The Balaban J connectivity index is 2.15. The number of carbonyl (C=O) groups excluding carboxylic acids is 1. The van der Waals surface area contributed by atoms with Crippen LogP contribution in [-0.2, 0) is 16.0 Å². The minimum Gasteiger partial charge on any atom is -0.480 e. The molecule has 0 saturated carbocycles.